The molecule has 0 fully saturated rings. The number of benzene rings is 1. The molecule has 1 aromatic rings. The number of esters is 1. The number of alkyl halides is 3. The van der Waals surface area contributed by atoms with Gasteiger partial charge < -0.3 is 20.5 Å². The summed E-state index contributed by atoms with van der Waals surface area (Å²) in [5.41, 5.74) is 6.24. The number of hydrogen-bond acceptors (Lipinski definition) is 4. The number of guanidine groups is 1. The molecule has 0 saturated heterocycles. The number of nitrogens with zero attached hydrogens (tertiary/aromatic N) is 1. The highest BCUT2D eigenvalue weighted by atomic mass is 127. The number of nitrogens with one attached hydrogen (secondary N) is 1. The predicted molar refractivity (Wildman–Crippen MR) is 108 cm³/mol. The number of carbonyl (C=O) groups excluding carboxylic acids is 1. The lowest BCUT2D eigenvalue weighted by atomic mass is 10.1. The van der Waals surface area contributed by atoms with Gasteiger partial charge in [-0.15, -0.1) is 37.1 Å². The number of carbonyl (C=O) groups is 1. The molecule has 10 heteroatoms. The molecular formula is C17H25F3IN3O3. The Morgan fingerprint density at radius 2 is 1.78 bits per heavy atom. The molecule has 27 heavy (non-hydrogen) atoms. The van der Waals surface area contributed by atoms with Crippen LogP contribution in [0.3, 0.4) is 0 Å². The monoisotopic (exact) mass is 503 g/mol. The third-order valence-electron chi connectivity index (χ3n) is 3.24. The summed E-state index contributed by atoms with van der Waals surface area (Å²) < 4.78 is 44.9. The van der Waals surface area contributed by atoms with Crippen LogP contribution in [-0.2, 0) is 9.53 Å². The molecule has 0 aliphatic carbocycles. The Morgan fingerprint density at radius 1 is 1.15 bits per heavy atom. The van der Waals surface area contributed by atoms with E-state index in [9.17, 15) is 18.0 Å². The van der Waals surface area contributed by atoms with Gasteiger partial charge in [0.15, 0.2) is 5.96 Å². The number of unbranched alkanes of at least 4 members (excludes halogenated alkanes) is 3. The van der Waals surface area contributed by atoms with Crippen LogP contribution in [-0.4, -0.2) is 31.4 Å². The molecule has 0 radical (unpaired) electrons. The Labute approximate surface area is 173 Å². The summed E-state index contributed by atoms with van der Waals surface area (Å²) in [5.74, 6) is -0.298. The molecule has 1 rings (SSSR count). The molecule has 1 aromatic carbocycles. The number of rotatable bonds is 10. The maximum Gasteiger partial charge on any atom is 0.573 e. The number of ether oxygens (including phenoxy) is 2. The molecule has 0 unspecified atom stereocenters. The highest BCUT2D eigenvalue weighted by molar-refractivity contribution is 14.0. The quantitative estimate of drug-likeness (QED) is 0.162. The van der Waals surface area contributed by atoms with Crippen LogP contribution in [0.1, 0.15) is 39.0 Å². The van der Waals surface area contributed by atoms with Crippen molar-refractivity contribution in [1.29, 1.82) is 0 Å². The van der Waals surface area contributed by atoms with E-state index in [-0.39, 0.29) is 41.7 Å². The lowest BCUT2D eigenvalue weighted by Crippen LogP contribution is -2.23. The van der Waals surface area contributed by atoms with E-state index in [1.54, 1.807) is 6.92 Å². The molecule has 6 nitrogen and oxygen atoms in total. The first-order valence-corrected chi connectivity index (χ1v) is 8.38. The van der Waals surface area contributed by atoms with Gasteiger partial charge in [0.25, 0.3) is 0 Å². The molecule has 0 amide bonds. The zero-order chi connectivity index (χ0) is 19.4. The second kappa shape index (κ2) is 13.4. The van der Waals surface area contributed by atoms with Crippen molar-refractivity contribution in [3.05, 3.63) is 24.3 Å². The summed E-state index contributed by atoms with van der Waals surface area (Å²) >= 11 is 0. The lowest BCUT2D eigenvalue weighted by molar-refractivity contribution is -0.274. The molecule has 0 aliphatic heterocycles. The van der Waals surface area contributed by atoms with E-state index in [1.165, 1.54) is 24.3 Å². The second-order valence-corrected chi connectivity index (χ2v) is 5.43. The zero-order valence-electron chi connectivity index (χ0n) is 15.1. The van der Waals surface area contributed by atoms with E-state index in [1.807, 2.05) is 0 Å². The number of nitrogens with two attached hydrogens (primary N) is 1. The number of halogens is 4. The van der Waals surface area contributed by atoms with Crippen molar-refractivity contribution < 1.29 is 27.4 Å². The highest BCUT2D eigenvalue weighted by Crippen LogP contribution is 2.23. The molecule has 0 aromatic heterocycles. The smallest absolute Gasteiger partial charge is 0.466 e. The average Bonchev–Trinajstić information content (AvgIpc) is 2.54. The van der Waals surface area contributed by atoms with Crippen molar-refractivity contribution in [3.8, 4) is 5.75 Å². The van der Waals surface area contributed by atoms with Crippen molar-refractivity contribution in [2.24, 2.45) is 10.7 Å². The van der Waals surface area contributed by atoms with Crippen LogP contribution in [0.2, 0.25) is 0 Å². The third kappa shape index (κ3) is 13.1. The van der Waals surface area contributed by atoms with E-state index < -0.39 is 6.36 Å². The van der Waals surface area contributed by atoms with E-state index in [0.29, 0.717) is 25.3 Å². The first-order chi connectivity index (χ1) is 12.3. The summed E-state index contributed by atoms with van der Waals surface area (Å²) in [6.45, 7) is 2.70. The van der Waals surface area contributed by atoms with E-state index in [4.69, 9.17) is 10.5 Å². The van der Waals surface area contributed by atoms with Gasteiger partial charge in [-0.05, 0) is 44.0 Å². The molecule has 0 spiro atoms. The Hall–Kier alpha value is -1.72. The van der Waals surface area contributed by atoms with Crippen LogP contribution >= 0.6 is 24.0 Å². The van der Waals surface area contributed by atoms with Crippen LogP contribution in [0.25, 0.3) is 0 Å². The third-order valence-corrected chi connectivity index (χ3v) is 3.24. The van der Waals surface area contributed by atoms with Gasteiger partial charge in [0.05, 0.1) is 6.61 Å². The fraction of sp³-hybridized carbons (Fsp3) is 0.529. The van der Waals surface area contributed by atoms with E-state index >= 15 is 0 Å². The van der Waals surface area contributed by atoms with Crippen molar-refractivity contribution in [3.63, 3.8) is 0 Å². The molecule has 3 N–H and O–H groups in total. The Morgan fingerprint density at radius 3 is 2.37 bits per heavy atom. The zero-order valence-corrected chi connectivity index (χ0v) is 17.4. The first kappa shape index (κ1) is 25.3. The molecular weight excluding hydrogens is 478 g/mol. The van der Waals surface area contributed by atoms with Crippen molar-refractivity contribution in [2.45, 2.75) is 45.4 Å². The maximum absolute atomic E-state index is 12.1. The molecule has 0 aliphatic rings. The fourth-order valence-corrected chi connectivity index (χ4v) is 2.09. The van der Waals surface area contributed by atoms with Gasteiger partial charge in [-0.25, -0.2) is 0 Å². The Kier molecular flexibility index (Phi) is 12.6. The van der Waals surface area contributed by atoms with Gasteiger partial charge in [-0.1, -0.05) is 12.8 Å². The van der Waals surface area contributed by atoms with Gasteiger partial charge in [-0.3, -0.25) is 9.79 Å². The molecule has 0 bridgehead atoms. The van der Waals surface area contributed by atoms with E-state index in [2.05, 4.69) is 15.0 Å². The standard InChI is InChI=1S/C17H24F3N3O3.HI/c1-2-25-15(24)7-5-3-4-6-12-22-16(21)23-13-8-10-14(11-9-13)26-17(18,19)20;/h8-11H,2-7,12H2,1H3,(H3,21,22,23);1H. The Bertz CT molecular complexity index is 581. The largest absolute Gasteiger partial charge is 0.573 e. The summed E-state index contributed by atoms with van der Waals surface area (Å²) in [5, 5.41) is 2.79. The van der Waals surface area contributed by atoms with Crippen LogP contribution in [0.4, 0.5) is 18.9 Å². The van der Waals surface area contributed by atoms with Crippen LogP contribution < -0.4 is 15.8 Å². The summed E-state index contributed by atoms with van der Waals surface area (Å²) in [6.07, 6.45) is -0.866. The van der Waals surface area contributed by atoms with Crippen molar-refractivity contribution in [1.82, 2.24) is 0 Å². The minimum Gasteiger partial charge on any atom is -0.466 e. The molecule has 0 saturated carbocycles. The second-order valence-electron chi connectivity index (χ2n) is 5.43. The minimum absolute atomic E-state index is 0. The summed E-state index contributed by atoms with van der Waals surface area (Å²) in [6, 6.07) is 5.21. The first-order valence-electron chi connectivity index (χ1n) is 8.38. The highest BCUT2D eigenvalue weighted by Gasteiger charge is 2.30. The predicted octanol–water partition coefficient (Wildman–Crippen LogP) is 4.44. The van der Waals surface area contributed by atoms with Crippen LogP contribution in [0.15, 0.2) is 29.3 Å². The van der Waals surface area contributed by atoms with Gasteiger partial charge in [0.1, 0.15) is 5.75 Å². The fourth-order valence-electron chi connectivity index (χ4n) is 2.09. The van der Waals surface area contributed by atoms with Crippen molar-refractivity contribution in [2.75, 3.05) is 18.5 Å². The number of anilines is 1. The van der Waals surface area contributed by atoms with Gasteiger partial charge in [0.2, 0.25) is 0 Å². The SMILES string of the molecule is CCOC(=O)CCCCCCN=C(N)Nc1ccc(OC(F)(F)F)cc1.I. The minimum atomic E-state index is -4.72. The lowest BCUT2D eigenvalue weighted by Gasteiger charge is -2.10. The van der Waals surface area contributed by atoms with Gasteiger partial charge >= 0.3 is 12.3 Å². The normalized spacial score (nSPS) is 11.5. The summed E-state index contributed by atoms with van der Waals surface area (Å²) in [4.78, 5) is 15.3. The topological polar surface area (TPSA) is 85.9 Å². The number of aliphatic imine (C=N–C) groups is 1. The molecule has 154 valence electrons. The average molecular weight is 503 g/mol. The van der Waals surface area contributed by atoms with Gasteiger partial charge in [0, 0.05) is 18.7 Å². The van der Waals surface area contributed by atoms with Crippen LogP contribution in [0.5, 0.6) is 5.75 Å². The van der Waals surface area contributed by atoms with Crippen LogP contribution in [0, 0.1) is 0 Å². The van der Waals surface area contributed by atoms with E-state index in [0.717, 1.165) is 25.7 Å². The van der Waals surface area contributed by atoms with Crippen molar-refractivity contribution >= 4 is 41.6 Å². The van der Waals surface area contributed by atoms with Gasteiger partial charge in [-0.2, -0.15) is 0 Å². The molecule has 0 heterocycles. The summed E-state index contributed by atoms with van der Waals surface area (Å²) in [7, 11) is 0. The maximum atomic E-state index is 12.1. The Balaban J connectivity index is 0.00000676. The molecule has 0 atom stereocenters. The number of hydrogen-bond donors (Lipinski definition) is 2.